The van der Waals surface area contributed by atoms with Gasteiger partial charge in [-0.1, -0.05) is 19.1 Å². The molecule has 1 spiro atoms. The lowest BCUT2D eigenvalue weighted by Gasteiger charge is -2.56. The minimum absolute atomic E-state index is 0.354. The van der Waals surface area contributed by atoms with Crippen molar-refractivity contribution in [1.29, 1.82) is 0 Å². The van der Waals surface area contributed by atoms with Crippen LogP contribution in [0.2, 0.25) is 0 Å². The van der Waals surface area contributed by atoms with E-state index in [0.717, 1.165) is 11.8 Å². The van der Waals surface area contributed by atoms with Crippen LogP contribution >= 0.6 is 0 Å². The van der Waals surface area contributed by atoms with Crippen molar-refractivity contribution in [3.63, 3.8) is 0 Å². The summed E-state index contributed by atoms with van der Waals surface area (Å²) in [6, 6.07) is 7.40. The molecule has 0 aromatic heterocycles. The van der Waals surface area contributed by atoms with Crippen LogP contribution < -0.4 is 10.1 Å². The van der Waals surface area contributed by atoms with E-state index in [4.69, 9.17) is 4.74 Å². The third-order valence-electron chi connectivity index (χ3n) is 6.23. The number of hydrogen-bond donors (Lipinski definition) is 1. The normalized spacial score (nSPS) is 45.5. The van der Waals surface area contributed by atoms with Crippen molar-refractivity contribution in [2.75, 3.05) is 6.54 Å². The highest BCUT2D eigenvalue weighted by Crippen LogP contribution is 2.61. The molecule has 0 radical (unpaired) electrons. The maximum Gasteiger partial charge on any atom is 0.123 e. The SMILES string of the molecule is CC1C[C@@H]2Oc3cccc4c3[C@@]23CCN[C@H](C4)[C@@H]3C1. The molecule has 1 unspecified atom stereocenters. The van der Waals surface area contributed by atoms with Gasteiger partial charge >= 0.3 is 0 Å². The highest BCUT2D eigenvalue weighted by Gasteiger charge is 2.62. The van der Waals surface area contributed by atoms with E-state index in [9.17, 15) is 0 Å². The molecular formula is C17H21NO. The van der Waals surface area contributed by atoms with Gasteiger partial charge in [-0.15, -0.1) is 0 Å². The molecule has 4 aliphatic rings. The average molecular weight is 255 g/mol. The van der Waals surface area contributed by atoms with E-state index in [1.54, 1.807) is 11.1 Å². The van der Waals surface area contributed by atoms with Gasteiger partial charge in [0.2, 0.25) is 0 Å². The molecule has 2 aliphatic heterocycles. The number of ether oxygens (including phenoxy) is 1. The van der Waals surface area contributed by atoms with Gasteiger partial charge in [0.25, 0.3) is 0 Å². The second-order valence-corrected chi connectivity index (χ2v) is 7.13. The van der Waals surface area contributed by atoms with Crippen LogP contribution in [0.25, 0.3) is 0 Å². The summed E-state index contributed by atoms with van der Waals surface area (Å²) in [6.07, 6.45) is 5.55. The van der Waals surface area contributed by atoms with Crippen LogP contribution in [0.1, 0.15) is 37.3 Å². The minimum atomic E-state index is 0.354. The van der Waals surface area contributed by atoms with Gasteiger partial charge in [-0.05, 0) is 55.7 Å². The van der Waals surface area contributed by atoms with Crippen LogP contribution in [-0.2, 0) is 11.8 Å². The van der Waals surface area contributed by atoms with Crippen molar-refractivity contribution in [2.45, 2.75) is 50.2 Å². The molecule has 1 aromatic carbocycles. The molecule has 2 nitrogen and oxygen atoms in total. The summed E-state index contributed by atoms with van der Waals surface area (Å²) in [5.74, 6) is 2.81. The molecule has 2 aliphatic carbocycles. The Labute approximate surface area is 114 Å². The summed E-state index contributed by atoms with van der Waals surface area (Å²) in [5.41, 5.74) is 3.52. The predicted molar refractivity (Wildman–Crippen MR) is 74.5 cm³/mol. The highest BCUT2D eigenvalue weighted by atomic mass is 16.5. The largest absolute Gasteiger partial charge is 0.489 e. The highest BCUT2D eigenvalue weighted by molar-refractivity contribution is 5.54. The van der Waals surface area contributed by atoms with Gasteiger partial charge in [0.15, 0.2) is 0 Å². The first-order chi connectivity index (χ1) is 9.29. The number of nitrogens with one attached hydrogen (secondary N) is 1. The van der Waals surface area contributed by atoms with E-state index < -0.39 is 0 Å². The van der Waals surface area contributed by atoms with Crippen LogP contribution in [0.5, 0.6) is 5.75 Å². The van der Waals surface area contributed by atoms with E-state index in [2.05, 4.69) is 30.4 Å². The van der Waals surface area contributed by atoms with Crippen molar-refractivity contribution in [2.24, 2.45) is 11.8 Å². The first kappa shape index (κ1) is 10.7. The van der Waals surface area contributed by atoms with E-state index in [0.29, 0.717) is 17.6 Å². The zero-order valence-corrected chi connectivity index (χ0v) is 11.5. The Morgan fingerprint density at radius 1 is 1.32 bits per heavy atom. The van der Waals surface area contributed by atoms with Gasteiger partial charge in [0.05, 0.1) is 0 Å². The molecule has 2 fully saturated rings. The third-order valence-corrected chi connectivity index (χ3v) is 6.23. The Balaban J connectivity index is 1.79. The van der Waals surface area contributed by atoms with Gasteiger partial charge < -0.3 is 10.1 Å². The summed E-state index contributed by atoms with van der Waals surface area (Å²) in [6.45, 7) is 3.58. The molecule has 5 rings (SSSR count). The summed E-state index contributed by atoms with van der Waals surface area (Å²) in [7, 11) is 0. The molecule has 1 N–H and O–H groups in total. The summed E-state index contributed by atoms with van der Waals surface area (Å²) in [4.78, 5) is 0. The lowest BCUT2D eigenvalue weighted by atomic mass is 9.51. The van der Waals surface area contributed by atoms with Gasteiger partial charge in [-0.25, -0.2) is 0 Å². The van der Waals surface area contributed by atoms with Crippen LogP contribution in [-0.4, -0.2) is 18.7 Å². The molecule has 2 heteroatoms. The quantitative estimate of drug-likeness (QED) is 0.769. The third kappa shape index (κ3) is 1.13. The Kier molecular flexibility index (Phi) is 1.89. The average Bonchev–Trinajstić information content (AvgIpc) is 2.69. The minimum Gasteiger partial charge on any atom is -0.489 e. The Hall–Kier alpha value is -1.02. The smallest absolute Gasteiger partial charge is 0.123 e. The molecule has 1 aromatic rings. The number of piperidine rings is 1. The number of hydrogen-bond acceptors (Lipinski definition) is 2. The second-order valence-electron chi connectivity index (χ2n) is 7.13. The topological polar surface area (TPSA) is 21.3 Å². The summed E-state index contributed by atoms with van der Waals surface area (Å²) >= 11 is 0. The maximum absolute atomic E-state index is 6.42. The molecule has 1 saturated carbocycles. The Morgan fingerprint density at radius 3 is 3.21 bits per heavy atom. The first-order valence-corrected chi connectivity index (χ1v) is 7.81. The standard InChI is InChI=1S/C17H21NO/c1-10-7-12-13-9-11-3-2-4-14-16(11)17(12,5-6-18-13)15(8-10)19-14/h2-4,10,12-13,15,18H,5-9H2,1H3/t10?,12-,13+,15-,17+/m0/s1. The fraction of sp³-hybridized carbons (Fsp3) is 0.647. The van der Waals surface area contributed by atoms with Crippen molar-refractivity contribution < 1.29 is 4.74 Å². The van der Waals surface area contributed by atoms with E-state index in [1.807, 2.05) is 0 Å². The molecule has 0 amide bonds. The number of benzene rings is 1. The fourth-order valence-corrected chi connectivity index (χ4v) is 5.63. The lowest BCUT2D eigenvalue weighted by molar-refractivity contribution is -0.0166. The van der Waals surface area contributed by atoms with Crippen LogP contribution in [0.3, 0.4) is 0 Å². The second kappa shape index (κ2) is 3.35. The lowest BCUT2D eigenvalue weighted by Crippen LogP contribution is -2.64. The van der Waals surface area contributed by atoms with E-state index >= 15 is 0 Å². The van der Waals surface area contributed by atoms with E-state index in [-0.39, 0.29) is 0 Å². The molecule has 5 atom stereocenters. The molecule has 1 saturated heterocycles. The van der Waals surface area contributed by atoms with Gasteiger partial charge in [-0.2, -0.15) is 0 Å². The van der Waals surface area contributed by atoms with Crippen LogP contribution in [0.4, 0.5) is 0 Å². The monoisotopic (exact) mass is 255 g/mol. The summed E-state index contributed by atoms with van der Waals surface area (Å²) in [5, 5.41) is 3.79. The number of rotatable bonds is 0. The fourth-order valence-electron chi connectivity index (χ4n) is 5.63. The van der Waals surface area contributed by atoms with Crippen molar-refractivity contribution in [3.05, 3.63) is 29.3 Å². The molecule has 100 valence electrons. The summed E-state index contributed by atoms with van der Waals surface area (Å²) < 4.78 is 6.42. The van der Waals surface area contributed by atoms with Crippen LogP contribution in [0.15, 0.2) is 18.2 Å². The van der Waals surface area contributed by atoms with Crippen LogP contribution in [0, 0.1) is 11.8 Å². The Morgan fingerprint density at radius 2 is 2.26 bits per heavy atom. The van der Waals surface area contributed by atoms with Gasteiger partial charge in [0.1, 0.15) is 11.9 Å². The molecule has 2 heterocycles. The first-order valence-electron chi connectivity index (χ1n) is 7.81. The predicted octanol–water partition coefficient (Wildman–Crippen LogP) is 2.65. The molecule has 2 bridgehead atoms. The van der Waals surface area contributed by atoms with Gasteiger partial charge in [-0.3, -0.25) is 0 Å². The van der Waals surface area contributed by atoms with Crippen molar-refractivity contribution >= 4 is 0 Å². The Bertz CT molecular complexity index is 554. The zero-order valence-electron chi connectivity index (χ0n) is 11.5. The van der Waals surface area contributed by atoms with Crippen molar-refractivity contribution in [1.82, 2.24) is 5.32 Å². The van der Waals surface area contributed by atoms with Crippen molar-refractivity contribution in [3.8, 4) is 5.75 Å². The molecular weight excluding hydrogens is 234 g/mol. The van der Waals surface area contributed by atoms with E-state index in [1.165, 1.54) is 38.0 Å². The maximum atomic E-state index is 6.42. The zero-order chi connectivity index (χ0) is 12.6. The molecule has 19 heavy (non-hydrogen) atoms. The van der Waals surface area contributed by atoms with Gasteiger partial charge in [0, 0.05) is 17.0 Å².